The second kappa shape index (κ2) is 5.52. The summed E-state index contributed by atoms with van der Waals surface area (Å²) < 4.78 is 0. The van der Waals surface area contributed by atoms with E-state index in [0.717, 1.165) is 12.0 Å². The van der Waals surface area contributed by atoms with Crippen molar-refractivity contribution >= 4 is 0 Å². The molecule has 0 bridgehead atoms. The van der Waals surface area contributed by atoms with Crippen molar-refractivity contribution in [2.24, 2.45) is 0 Å². The minimum atomic E-state index is -0.904. The highest BCUT2D eigenvalue weighted by Crippen LogP contribution is 2.27. The van der Waals surface area contributed by atoms with Gasteiger partial charge in [0.05, 0.1) is 0 Å². The molecule has 1 nitrogen and oxygen atoms in total. The molecule has 15 heavy (non-hydrogen) atoms. The molecule has 0 aliphatic rings. The highest BCUT2D eigenvalue weighted by Gasteiger charge is 2.23. The van der Waals surface area contributed by atoms with E-state index in [0.29, 0.717) is 6.42 Å². The molecule has 0 fully saturated rings. The Hall–Kier alpha value is -1.34. The molecule has 1 rings (SSSR count). The van der Waals surface area contributed by atoms with Gasteiger partial charge in [0.15, 0.2) is 0 Å². The summed E-state index contributed by atoms with van der Waals surface area (Å²) in [5, 5.41) is 10.5. The summed E-state index contributed by atoms with van der Waals surface area (Å²) in [4.78, 5) is 0. The lowest BCUT2D eigenvalue weighted by molar-refractivity contribution is 0.0927. The van der Waals surface area contributed by atoms with Crippen molar-refractivity contribution in [1.82, 2.24) is 0 Å². The zero-order chi connectivity index (χ0) is 11.1. The fourth-order valence-corrected chi connectivity index (χ4v) is 1.54. The van der Waals surface area contributed by atoms with Gasteiger partial charge in [0.1, 0.15) is 5.60 Å². The van der Waals surface area contributed by atoms with Crippen molar-refractivity contribution in [1.29, 1.82) is 0 Å². The quantitative estimate of drug-likeness (QED) is 0.725. The molecule has 0 radical (unpaired) electrons. The van der Waals surface area contributed by atoms with Crippen molar-refractivity contribution < 1.29 is 5.11 Å². The molecule has 0 aromatic heterocycles. The van der Waals surface area contributed by atoms with E-state index in [2.05, 4.69) is 13.5 Å². The molecule has 1 atom stereocenters. The van der Waals surface area contributed by atoms with Crippen LogP contribution >= 0.6 is 0 Å². The van der Waals surface area contributed by atoms with Gasteiger partial charge in [-0.3, -0.25) is 0 Å². The number of allylic oxidation sites excluding steroid dienone is 1. The van der Waals surface area contributed by atoms with Crippen LogP contribution in [0.5, 0.6) is 0 Å². The van der Waals surface area contributed by atoms with Crippen LogP contribution in [0, 0.1) is 0 Å². The normalized spacial score (nSPS) is 15.1. The molecular formula is C14H18O. The highest BCUT2D eigenvalue weighted by atomic mass is 16.3. The van der Waals surface area contributed by atoms with Crippen molar-refractivity contribution in [2.75, 3.05) is 0 Å². The summed E-state index contributed by atoms with van der Waals surface area (Å²) in [5.74, 6) is 0. The maximum atomic E-state index is 10.5. The summed E-state index contributed by atoms with van der Waals surface area (Å²) in [5.41, 5.74) is 0.00792. The third kappa shape index (κ3) is 3.07. The van der Waals surface area contributed by atoms with Crippen LogP contribution in [0.2, 0.25) is 0 Å². The van der Waals surface area contributed by atoms with E-state index < -0.39 is 5.60 Å². The largest absolute Gasteiger partial charge is 0.381 e. The standard InChI is InChI=1S/C14H18O/c1-3-5-12-14(15,11-4-2)13-9-7-6-8-10-13/h4-10,12,15H,2-3,11H2,1H3/b12-5+/t14-/m0/s1. The van der Waals surface area contributed by atoms with Crippen LogP contribution in [0.25, 0.3) is 0 Å². The lowest BCUT2D eigenvalue weighted by atomic mass is 9.90. The predicted octanol–water partition coefficient (Wildman–Crippen LogP) is 3.42. The topological polar surface area (TPSA) is 20.2 Å². The number of hydrogen-bond donors (Lipinski definition) is 1. The van der Waals surface area contributed by atoms with Gasteiger partial charge in [-0.15, -0.1) is 6.58 Å². The molecule has 0 amide bonds. The maximum absolute atomic E-state index is 10.5. The van der Waals surface area contributed by atoms with Crippen molar-refractivity contribution in [2.45, 2.75) is 25.4 Å². The first-order valence-corrected chi connectivity index (χ1v) is 5.29. The highest BCUT2D eigenvalue weighted by molar-refractivity contribution is 5.28. The van der Waals surface area contributed by atoms with Gasteiger partial charge in [-0.2, -0.15) is 0 Å². The first kappa shape index (κ1) is 11.7. The average Bonchev–Trinajstić information content (AvgIpc) is 2.28. The van der Waals surface area contributed by atoms with Gasteiger partial charge in [0.25, 0.3) is 0 Å². The molecule has 0 unspecified atom stereocenters. The van der Waals surface area contributed by atoms with E-state index in [9.17, 15) is 5.11 Å². The number of rotatable bonds is 5. The van der Waals surface area contributed by atoms with Gasteiger partial charge in [0.2, 0.25) is 0 Å². The minimum Gasteiger partial charge on any atom is -0.381 e. The van der Waals surface area contributed by atoms with Crippen molar-refractivity contribution in [3.8, 4) is 0 Å². The Morgan fingerprint density at radius 1 is 1.33 bits per heavy atom. The van der Waals surface area contributed by atoms with Crippen molar-refractivity contribution in [3.05, 3.63) is 60.7 Å². The number of aliphatic hydroxyl groups is 1. The summed E-state index contributed by atoms with van der Waals surface area (Å²) in [6, 6.07) is 9.68. The van der Waals surface area contributed by atoms with Crippen LogP contribution in [0.3, 0.4) is 0 Å². The Balaban J connectivity index is 3.00. The van der Waals surface area contributed by atoms with Gasteiger partial charge < -0.3 is 5.11 Å². The number of hydrogen-bond acceptors (Lipinski definition) is 1. The van der Waals surface area contributed by atoms with E-state index in [1.54, 1.807) is 6.08 Å². The molecular weight excluding hydrogens is 184 g/mol. The summed E-state index contributed by atoms with van der Waals surface area (Å²) in [7, 11) is 0. The monoisotopic (exact) mass is 202 g/mol. The van der Waals surface area contributed by atoms with E-state index in [1.807, 2.05) is 42.5 Å². The Morgan fingerprint density at radius 3 is 2.53 bits per heavy atom. The van der Waals surface area contributed by atoms with Crippen LogP contribution < -0.4 is 0 Å². The predicted molar refractivity (Wildman–Crippen MR) is 64.6 cm³/mol. The minimum absolute atomic E-state index is 0.535. The maximum Gasteiger partial charge on any atom is 0.111 e. The zero-order valence-electron chi connectivity index (χ0n) is 9.19. The average molecular weight is 202 g/mol. The molecule has 1 aromatic rings. The lowest BCUT2D eigenvalue weighted by Crippen LogP contribution is -2.21. The second-order valence-corrected chi connectivity index (χ2v) is 3.59. The van der Waals surface area contributed by atoms with Crippen molar-refractivity contribution in [3.63, 3.8) is 0 Å². The zero-order valence-corrected chi connectivity index (χ0v) is 9.19. The fraction of sp³-hybridized carbons (Fsp3) is 0.286. The lowest BCUT2D eigenvalue weighted by Gasteiger charge is -2.23. The van der Waals surface area contributed by atoms with Crippen LogP contribution in [0.4, 0.5) is 0 Å². The molecule has 1 N–H and O–H groups in total. The summed E-state index contributed by atoms with van der Waals surface area (Å²) in [6.07, 6.45) is 7.04. The Kier molecular flexibility index (Phi) is 4.32. The van der Waals surface area contributed by atoms with Crippen LogP contribution in [-0.4, -0.2) is 5.11 Å². The third-order valence-electron chi connectivity index (χ3n) is 2.36. The van der Waals surface area contributed by atoms with Crippen LogP contribution in [0.15, 0.2) is 55.1 Å². The second-order valence-electron chi connectivity index (χ2n) is 3.59. The first-order chi connectivity index (χ1) is 7.23. The molecule has 1 aromatic carbocycles. The molecule has 0 heterocycles. The summed E-state index contributed by atoms with van der Waals surface area (Å²) in [6.45, 7) is 5.74. The van der Waals surface area contributed by atoms with Crippen LogP contribution in [0.1, 0.15) is 25.3 Å². The molecule has 0 aliphatic carbocycles. The van der Waals surface area contributed by atoms with Crippen LogP contribution in [-0.2, 0) is 5.60 Å². The third-order valence-corrected chi connectivity index (χ3v) is 2.36. The van der Waals surface area contributed by atoms with Gasteiger partial charge >= 0.3 is 0 Å². The smallest absolute Gasteiger partial charge is 0.111 e. The Bertz CT molecular complexity index is 326. The van der Waals surface area contributed by atoms with Gasteiger partial charge in [-0.1, -0.05) is 55.5 Å². The molecule has 0 saturated carbocycles. The first-order valence-electron chi connectivity index (χ1n) is 5.29. The fourth-order valence-electron chi connectivity index (χ4n) is 1.54. The molecule has 0 aliphatic heterocycles. The summed E-state index contributed by atoms with van der Waals surface area (Å²) >= 11 is 0. The Morgan fingerprint density at radius 2 is 2.00 bits per heavy atom. The van der Waals surface area contributed by atoms with Gasteiger partial charge in [-0.25, -0.2) is 0 Å². The van der Waals surface area contributed by atoms with Gasteiger partial charge in [0, 0.05) is 6.42 Å². The van der Waals surface area contributed by atoms with E-state index in [1.165, 1.54) is 0 Å². The van der Waals surface area contributed by atoms with E-state index >= 15 is 0 Å². The van der Waals surface area contributed by atoms with Gasteiger partial charge in [-0.05, 0) is 12.0 Å². The molecule has 1 heteroatoms. The number of benzene rings is 1. The molecule has 0 saturated heterocycles. The SMILES string of the molecule is C=CC[C@](O)(/C=C/CC)c1ccccc1. The van der Waals surface area contributed by atoms with E-state index in [-0.39, 0.29) is 0 Å². The Labute approximate surface area is 91.8 Å². The molecule has 0 spiro atoms. The molecule has 80 valence electrons. The van der Waals surface area contributed by atoms with E-state index in [4.69, 9.17) is 0 Å².